The maximum absolute atomic E-state index is 12.6. The summed E-state index contributed by atoms with van der Waals surface area (Å²) in [5.41, 5.74) is 0.892. The Kier molecular flexibility index (Phi) is 7.28. The first-order valence-corrected chi connectivity index (χ1v) is 10.4. The van der Waals surface area contributed by atoms with Gasteiger partial charge >= 0.3 is 5.97 Å². The van der Waals surface area contributed by atoms with E-state index in [2.05, 4.69) is 26.6 Å². The molecule has 0 aliphatic heterocycles. The van der Waals surface area contributed by atoms with Gasteiger partial charge in [-0.15, -0.1) is 0 Å². The lowest BCUT2D eigenvalue weighted by molar-refractivity contribution is -0.119. The number of amides is 2. The predicted octanol–water partition coefficient (Wildman–Crippen LogP) is 4.57. The highest BCUT2D eigenvalue weighted by molar-refractivity contribution is 9.10. The molecule has 0 saturated heterocycles. The van der Waals surface area contributed by atoms with E-state index in [1.165, 1.54) is 6.07 Å². The van der Waals surface area contributed by atoms with Gasteiger partial charge in [-0.1, -0.05) is 52.5 Å². The average Bonchev–Trinajstić information content (AvgIpc) is 3.21. The quantitative estimate of drug-likeness (QED) is 0.594. The number of carbonyl (C=O) groups is 3. The fourth-order valence-electron chi connectivity index (χ4n) is 3.17. The molecule has 0 spiro atoms. The number of benzene rings is 2. The monoisotopic (exact) mass is 478 g/mol. The Morgan fingerprint density at radius 3 is 2.55 bits per heavy atom. The van der Waals surface area contributed by atoms with Gasteiger partial charge in [-0.05, 0) is 43.2 Å². The van der Waals surface area contributed by atoms with Crippen LogP contribution in [0.1, 0.15) is 46.4 Å². The lowest BCUT2D eigenvalue weighted by Gasteiger charge is -2.15. The molecule has 2 aromatic carbocycles. The Morgan fingerprint density at radius 2 is 1.79 bits per heavy atom. The number of halogens is 2. The van der Waals surface area contributed by atoms with Crippen LogP contribution in [0.15, 0.2) is 46.9 Å². The van der Waals surface area contributed by atoms with Gasteiger partial charge in [0.05, 0.1) is 21.8 Å². The van der Waals surface area contributed by atoms with Crippen molar-refractivity contribution in [3.63, 3.8) is 0 Å². The van der Waals surface area contributed by atoms with Crippen LogP contribution in [0.3, 0.4) is 0 Å². The lowest BCUT2D eigenvalue weighted by Crippen LogP contribution is -2.33. The van der Waals surface area contributed by atoms with Gasteiger partial charge in [0.25, 0.3) is 11.8 Å². The summed E-state index contributed by atoms with van der Waals surface area (Å²) in [6, 6.07) is 11.7. The van der Waals surface area contributed by atoms with Crippen LogP contribution in [-0.2, 0) is 9.53 Å². The van der Waals surface area contributed by atoms with Crippen LogP contribution in [-0.4, -0.2) is 30.4 Å². The van der Waals surface area contributed by atoms with Gasteiger partial charge < -0.3 is 15.4 Å². The van der Waals surface area contributed by atoms with Gasteiger partial charge in [0.2, 0.25) is 0 Å². The van der Waals surface area contributed by atoms with Crippen molar-refractivity contribution in [2.75, 3.05) is 11.9 Å². The number of anilines is 1. The summed E-state index contributed by atoms with van der Waals surface area (Å²) >= 11 is 9.25. The maximum Gasteiger partial charge on any atom is 0.340 e. The SMILES string of the molecule is O=C(COC(=O)c1cc(Br)ccc1Cl)Nc1ccccc1C(=O)NC1CCCC1. The van der Waals surface area contributed by atoms with Crippen molar-refractivity contribution < 1.29 is 19.1 Å². The van der Waals surface area contributed by atoms with E-state index in [1.807, 2.05) is 0 Å². The number of hydrogen-bond acceptors (Lipinski definition) is 4. The predicted molar refractivity (Wildman–Crippen MR) is 114 cm³/mol. The van der Waals surface area contributed by atoms with E-state index in [9.17, 15) is 14.4 Å². The van der Waals surface area contributed by atoms with Crippen LogP contribution in [0.2, 0.25) is 5.02 Å². The van der Waals surface area contributed by atoms with Gasteiger partial charge in [-0.2, -0.15) is 0 Å². The van der Waals surface area contributed by atoms with E-state index in [-0.39, 0.29) is 22.5 Å². The molecule has 2 amide bonds. The molecule has 0 unspecified atom stereocenters. The number of carbonyl (C=O) groups excluding carboxylic acids is 3. The fourth-order valence-corrected chi connectivity index (χ4v) is 3.73. The second-order valence-electron chi connectivity index (χ2n) is 6.75. The first-order valence-electron chi connectivity index (χ1n) is 9.26. The van der Waals surface area contributed by atoms with E-state index in [0.717, 1.165) is 25.7 Å². The molecule has 0 aromatic heterocycles. The summed E-state index contributed by atoms with van der Waals surface area (Å²) < 4.78 is 5.72. The molecule has 0 radical (unpaired) electrons. The zero-order valence-electron chi connectivity index (χ0n) is 15.5. The van der Waals surface area contributed by atoms with Crippen molar-refractivity contribution >= 4 is 51.0 Å². The second kappa shape index (κ2) is 9.89. The molecular weight excluding hydrogens is 460 g/mol. The molecule has 3 rings (SSSR count). The number of esters is 1. The minimum absolute atomic E-state index is 0.158. The van der Waals surface area contributed by atoms with Gasteiger partial charge in [-0.3, -0.25) is 9.59 Å². The normalized spacial score (nSPS) is 13.7. The first-order chi connectivity index (χ1) is 13.9. The summed E-state index contributed by atoms with van der Waals surface area (Å²) in [5.74, 6) is -1.49. The van der Waals surface area contributed by atoms with Gasteiger partial charge in [-0.25, -0.2) is 4.79 Å². The second-order valence-corrected chi connectivity index (χ2v) is 8.07. The molecule has 2 N–H and O–H groups in total. The lowest BCUT2D eigenvalue weighted by atomic mass is 10.1. The summed E-state index contributed by atoms with van der Waals surface area (Å²) in [6.07, 6.45) is 4.15. The van der Waals surface area contributed by atoms with Crippen molar-refractivity contribution in [3.8, 4) is 0 Å². The largest absolute Gasteiger partial charge is 0.452 e. The van der Waals surface area contributed by atoms with Crippen molar-refractivity contribution in [2.45, 2.75) is 31.7 Å². The van der Waals surface area contributed by atoms with Crippen molar-refractivity contribution in [1.29, 1.82) is 0 Å². The summed E-state index contributed by atoms with van der Waals surface area (Å²) in [5, 5.41) is 5.86. The smallest absolute Gasteiger partial charge is 0.340 e. The molecule has 0 heterocycles. The van der Waals surface area contributed by atoms with Gasteiger partial charge in [0, 0.05) is 10.5 Å². The number of ether oxygens (including phenoxy) is 1. The van der Waals surface area contributed by atoms with Crippen LogP contribution >= 0.6 is 27.5 Å². The van der Waals surface area contributed by atoms with E-state index in [4.69, 9.17) is 16.3 Å². The minimum Gasteiger partial charge on any atom is -0.452 e. The fraction of sp³-hybridized carbons (Fsp3) is 0.286. The average molecular weight is 480 g/mol. The Labute approximate surface area is 182 Å². The number of para-hydroxylation sites is 1. The Balaban J connectivity index is 1.60. The highest BCUT2D eigenvalue weighted by atomic mass is 79.9. The van der Waals surface area contributed by atoms with Gasteiger partial charge in [0.15, 0.2) is 6.61 Å². The molecule has 8 heteroatoms. The zero-order valence-corrected chi connectivity index (χ0v) is 17.9. The summed E-state index contributed by atoms with van der Waals surface area (Å²) in [6.45, 7) is -0.500. The number of nitrogens with one attached hydrogen (secondary N) is 2. The minimum atomic E-state index is -0.710. The molecule has 2 aromatic rings. The third-order valence-corrected chi connectivity index (χ3v) is 5.44. The Bertz CT molecular complexity index is 929. The van der Waals surface area contributed by atoms with Gasteiger partial charge in [0.1, 0.15) is 0 Å². The zero-order chi connectivity index (χ0) is 20.8. The molecule has 0 atom stereocenters. The molecule has 1 fully saturated rings. The highest BCUT2D eigenvalue weighted by Gasteiger charge is 2.20. The highest BCUT2D eigenvalue weighted by Crippen LogP contribution is 2.22. The molecule has 6 nitrogen and oxygen atoms in total. The molecular formula is C21H20BrClN2O4. The number of rotatable bonds is 6. The number of hydrogen-bond donors (Lipinski definition) is 2. The molecule has 0 bridgehead atoms. The van der Waals surface area contributed by atoms with Crippen molar-refractivity contribution in [1.82, 2.24) is 5.32 Å². The standard InChI is InChI=1S/C21H20BrClN2O4/c22-13-9-10-17(23)16(11-13)21(28)29-12-19(26)25-18-8-4-3-7-15(18)20(27)24-14-5-1-2-6-14/h3-4,7-11,14H,1-2,5-6,12H2,(H,24,27)(H,25,26). The van der Waals surface area contributed by atoms with E-state index in [0.29, 0.717) is 15.7 Å². The summed E-state index contributed by atoms with van der Waals surface area (Å²) in [4.78, 5) is 37.0. The van der Waals surface area contributed by atoms with Crippen LogP contribution in [0, 0.1) is 0 Å². The topological polar surface area (TPSA) is 84.5 Å². The first kappa shape index (κ1) is 21.3. The molecule has 1 saturated carbocycles. The molecule has 1 aliphatic carbocycles. The van der Waals surface area contributed by atoms with E-state index < -0.39 is 18.5 Å². The molecule has 1 aliphatic rings. The van der Waals surface area contributed by atoms with Crippen LogP contribution < -0.4 is 10.6 Å². The van der Waals surface area contributed by atoms with E-state index in [1.54, 1.807) is 36.4 Å². The third kappa shape index (κ3) is 5.81. The molecule has 29 heavy (non-hydrogen) atoms. The van der Waals surface area contributed by atoms with Crippen molar-refractivity contribution in [2.24, 2.45) is 0 Å². The Morgan fingerprint density at radius 1 is 1.07 bits per heavy atom. The van der Waals surface area contributed by atoms with E-state index >= 15 is 0 Å². The molecule has 152 valence electrons. The maximum atomic E-state index is 12.6. The van der Waals surface area contributed by atoms with Crippen LogP contribution in [0.5, 0.6) is 0 Å². The third-order valence-electron chi connectivity index (χ3n) is 4.62. The Hall–Kier alpha value is -2.38. The summed E-state index contributed by atoms with van der Waals surface area (Å²) in [7, 11) is 0. The van der Waals surface area contributed by atoms with Crippen LogP contribution in [0.4, 0.5) is 5.69 Å². The van der Waals surface area contributed by atoms with Crippen LogP contribution in [0.25, 0.3) is 0 Å². The van der Waals surface area contributed by atoms with Crippen molar-refractivity contribution in [3.05, 3.63) is 63.1 Å².